The van der Waals surface area contributed by atoms with Crippen LogP contribution in [-0.2, 0) is 0 Å². The second-order valence-corrected chi connectivity index (χ2v) is 18.8. The summed E-state index contributed by atoms with van der Waals surface area (Å²) in [6.45, 7) is -0.350. The Kier molecular flexibility index (Phi) is 6.40. The average molecular weight is 896 g/mol. The van der Waals surface area contributed by atoms with Crippen LogP contribution < -0.4 is 21.3 Å². The van der Waals surface area contributed by atoms with E-state index in [9.17, 15) is 5.48 Å². The Labute approximate surface area is 416 Å². The van der Waals surface area contributed by atoms with Crippen LogP contribution in [0.4, 0.5) is 11.4 Å². The zero-order valence-electron chi connectivity index (χ0n) is 45.5. The molecule has 0 N–H and O–H groups in total. The maximum absolute atomic E-state index is 9.55. The van der Waals surface area contributed by atoms with E-state index in [1.54, 1.807) is 4.90 Å². The Hall–Kier alpha value is -8.86. The van der Waals surface area contributed by atoms with Gasteiger partial charge in [-0.05, 0) is 101 Å². The van der Waals surface area contributed by atoms with Crippen LogP contribution in [0.2, 0.25) is 0 Å². The summed E-state index contributed by atoms with van der Waals surface area (Å²) < 4.78 is 78.3. The van der Waals surface area contributed by atoms with Crippen LogP contribution in [-0.4, -0.2) is 21.9 Å². The van der Waals surface area contributed by atoms with Gasteiger partial charge in [-0.15, -0.1) is 0 Å². The molecule has 70 heavy (non-hydrogen) atoms. The van der Waals surface area contributed by atoms with Crippen LogP contribution in [0.3, 0.4) is 0 Å². The van der Waals surface area contributed by atoms with E-state index in [4.69, 9.17) is 5.48 Å². The van der Waals surface area contributed by atoms with E-state index in [-0.39, 0.29) is 42.2 Å². The molecule has 2 unspecified atom stereocenters. The number of hydrogen-bond donors (Lipinski definition) is 0. The van der Waals surface area contributed by atoms with Gasteiger partial charge in [0.05, 0.1) is 33.6 Å². The third-order valence-electron chi connectivity index (χ3n) is 15.5. The zero-order valence-corrected chi connectivity index (χ0v) is 37.5. The number of anilines is 2. The van der Waals surface area contributed by atoms with Crippen molar-refractivity contribution in [1.29, 1.82) is 0 Å². The first-order chi connectivity index (χ1) is 38.1. The Balaban J connectivity index is 1.15. The van der Waals surface area contributed by atoms with Crippen molar-refractivity contribution in [3.8, 4) is 11.4 Å². The first kappa shape index (κ1) is 31.2. The highest BCUT2D eigenvalue weighted by atomic mass is 15.2. The molecular weight excluding hydrogens is 846 g/mol. The van der Waals surface area contributed by atoms with E-state index >= 15 is 0 Å². The number of aromatic nitrogens is 2. The summed E-state index contributed by atoms with van der Waals surface area (Å²) in [7, 11) is 0. The second kappa shape index (κ2) is 14.3. The van der Waals surface area contributed by atoms with Crippen molar-refractivity contribution in [2.24, 2.45) is 0 Å². The van der Waals surface area contributed by atoms with E-state index < -0.39 is 36.1 Å². The molecule has 0 amide bonds. The Bertz CT molecular complexity index is 5020. The van der Waals surface area contributed by atoms with Gasteiger partial charge in [0.25, 0.3) is 6.71 Å². The lowest BCUT2D eigenvalue weighted by Gasteiger charge is -2.36. The molecule has 5 heterocycles. The van der Waals surface area contributed by atoms with Crippen LogP contribution in [0.5, 0.6) is 0 Å². The van der Waals surface area contributed by atoms with E-state index in [2.05, 4.69) is 197 Å². The van der Waals surface area contributed by atoms with Gasteiger partial charge >= 0.3 is 0 Å². The summed E-state index contributed by atoms with van der Waals surface area (Å²) in [5.41, 5.74) is 9.99. The summed E-state index contributed by atoms with van der Waals surface area (Å²) in [6, 6.07) is 65.7. The molecular formula is C66H42BN3. The lowest BCUT2D eigenvalue weighted by molar-refractivity contribution is 0.744. The number of benzene rings is 10. The molecule has 3 aliphatic heterocycles. The van der Waals surface area contributed by atoms with Crippen molar-refractivity contribution < 1.29 is 11.0 Å². The molecule has 0 spiro atoms. The van der Waals surface area contributed by atoms with Crippen LogP contribution in [0, 0.1) is 0 Å². The van der Waals surface area contributed by atoms with Gasteiger partial charge in [0.15, 0.2) is 0 Å². The van der Waals surface area contributed by atoms with Gasteiger partial charge in [-0.1, -0.05) is 206 Å². The van der Waals surface area contributed by atoms with E-state index in [1.807, 2.05) is 6.07 Å². The third kappa shape index (κ3) is 5.04. The van der Waals surface area contributed by atoms with Crippen molar-refractivity contribution >= 4 is 121 Å². The molecule has 16 rings (SSSR count). The molecule has 3 nitrogen and oxygen atoms in total. The van der Waals surface area contributed by atoms with E-state index in [1.165, 1.54) is 0 Å². The van der Waals surface area contributed by atoms with Crippen molar-refractivity contribution in [2.45, 2.75) is 12.0 Å². The smallest absolute Gasteiger partial charge is 0.252 e. The Morgan fingerprint density at radius 2 is 0.886 bits per heavy atom. The fraction of sp³-hybridized carbons (Fsp3) is 0.0303. The molecule has 0 radical (unpaired) electrons. The molecule has 0 fully saturated rings. The van der Waals surface area contributed by atoms with Crippen molar-refractivity contribution in [3.63, 3.8) is 0 Å². The monoisotopic (exact) mass is 895 g/mol. The topological polar surface area (TPSA) is 13.1 Å². The molecule has 0 saturated heterocycles. The minimum Gasteiger partial charge on any atom is -0.333 e. The SMILES string of the molecule is [2H]C1=C([2H])C2c3c([2H])c([2H])c([2H])c([2H])c3N(c3ccc4c(c3)-n3c5ccccc5c5ccccc5c5ccccc5c5ccc6c(c53)B4c3cccc4c5ccccc5c5ccccc5c5ccccc5n-6c34)C2C([2H])=C1[2H]. The van der Waals surface area contributed by atoms with Gasteiger partial charge < -0.3 is 14.0 Å². The number of fused-ring (bicyclic) bond motifs is 22. The quantitative estimate of drug-likeness (QED) is 0.150. The first-order valence-corrected chi connectivity index (χ1v) is 24.0. The molecule has 324 valence electrons. The lowest BCUT2D eigenvalue weighted by atomic mass is 9.34. The first-order valence-electron chi connectivity index (χ1n) is 28.0. The minimum atomic E-state index is -1.09. The highest BCUT2D eigenvalue weighted by molar-refractivity contribution is 7.00. The molecule has 2 aromatic heterocycles. The molecule has 0 bridgehead atoms. The van der Waals surface area contributed by atoms with Crippen LogP contribution >= 0.6 is 0 Å². The number of hydrogen-bond acceptors (Lipinski definition) is 1. The van der Waals surface area contributed by atoms with Crippen molar-refractivity contribution in [3.05, 3.63) is 248 Å². The maximum Gasteiger partial charge on any atom is 0.252 e. The molecule has 4 aliphatic rings. The fourth-order valence-corrected chi connectivity index (χ4v) is 12.7. The number of nitrogens with zero attached hydrogens (tertiary/aromatic N) is 3. The number of rotatable bonds is 1. The summed E-state index contributed by atoms with van der Waals surface area (Å²) in [5, 5.41) is 13.1. The fourth-order valence-electron chi connectivity index (χ4n) is 12.7. The van der Waals surface area contributed by atoms with Crippen molar-refractivity contribution in [1.82, 2.24) is 9.13 Å². The van der Waals surface area contributed by atoms with Crippen LogP contribution in [0.25, 0.3) is 98.1 Å². The number of allylic oxidation sites excluding steroid dienone is 2. The Morgan fingerprint density at radius 3 is 1.51 bits per heavy atom. The predicted molar refractivity (Wildman–Crippen MR) is 298 cm³/mol. The largest absolute Gasteiger partial charge is 0.333 e. The van der Waals surface area contributed by atoms with Gasteiger partial charge in [0, 0.05) is 55.7 Å². The summed E-state index contributed by atoms with van der Waals surface area (Å²) in [6.07, 6.45) is 0. The highest BCUT2D eigenvalue weighted by Crippen LogP contribution is 2.48. The standard InChI is InChI=1S/C66H42BN3/c1-5-22-46-42(18-1)44-20-3-7-24-48(44)54-30-17-31-57-65(54)69(60-34-15-9-26-50(46)60)62-39-37-55-49-25-8-4-21-45(49)43-19-2-6-23-47(43)51-27-10-16-35-61(51)70-63-40-41(36-38-56(63)67(57)64(62)66(55)70)68-58-32-13-11-28-52(58)53-29-12-14-33-59(53)68/h1-40,52,58H/i11D,12D,13D,14D,28D,29D,32D,33D. The lowest BCUT2D eigenvalue weighted by Crippen LogP contribution is -2.59. The molecule has 1 aliphatic carbocycles. The van der Waals surface area contributed by atoms with Crippen molar-refractivity contribution in [2.75, 3.05) is 4.90 Å². The molecule has 10 aromatic carbocycles. The minimum absolute atomic E-state index is 0.145. The van der Waals surface area contributed by atoms with E-state index in [0.717, 1.165) is 114 Å². The maximum atomic E-state index is 9.55. The van der Waals surface area contributed by atoms with Gasteiger partial charge in [-0.2, -0.15) is 0 Å². The molecule has 4 heteroatoms. The van der Waals surface area contributed by atoms with Gasteiger partial charge in [0.2, 0.25) is 0 Å². The van der Waals surface area contributed by atoms with E-state index in [0.29, 0.717) is 5.69 Å². The summed E-state index contributed by atoms with van der Waals surface area (Å²) in [4.78, 5) is 1.76. The summed E-state index contributed by atoms with van der Waals surface area (Å²) >= 11 is 0. The van der Waals surface area contributed by atoms with Gasteiger partial charge in [-0.25, -0.2) is 0 Å². The average Bonchev–Trinajstić information content (AvgIpc) is 2.71. The van der Waals surface area contributed by atoms with Crippen LogP contribution in [0.15, 0.2) is 243 Å². The second-order valence-electron chi connectivity index (χ2n) is 18.8. The molecule has 0 saturated carbocycles. The van der Waals surface area contributed by atoms with Gasteiger partial charge in [-0.3, -0.25) is 0 Å². The predicted octanol–water partition coefficient (Wildman–Crippen LogP) is 14.6. The number of para-hydroxylation sites is 4. The van der Waals surface area contributed by atoms with Gasteiger partial charge in [0.1, 0.15) is 0 Å². The highest BCUT2D eigenvalue weighted by Gasteiger charge is 2.41. The Morgan fingerprint density at radius 1 is 0.386 bits per heavy atom. The van der Waals surface area contributed by atoms with Crippen LogP contribution in [0.1, 0.15) is 22.4 Å². The molecule has 2 atom stereocenters. The summed E-state index contributed by atoms with van der Waals surface area (Å²) in [5.74, 6) is -1.09. The normalized spacial score (nSPS) is 18.0. The molecule has 12 aromatic rings. The zero-order chi connectivity index (χ0) is 52.6. The third-order valence-corrected chi connectivity index (χ3v) is 15.5.